The summed E-state index contributed by atoms with van der Waals surface area (Å²) in [5.74, 6) is -0.214. The molecule has 2 unspecified atom stereocenters. The summed E-state index contributed by atoms with van der Waals surface area (Å²) in [6.45, 7) is 10.3. The van der Waals surface area contributed by atoms with Gasteiger partial charge in [-0.1, -0.05) is 6.92 Å². The van der Waals surface area contributed by atoms with Gasteiger partial charge in [-0.25, -0.2) is 0 Å². The SMILES string of the molecule is CCC1(C(=O)NC(C)C(=O)NC(C)(C)C)CCCN1. The van der Waals surface area contributed by atoms with E-state index in [-0.39, 0.29) is 17.4 Å². The topological polar surface area (TPSA) is 70.2 Å². The van der Waals surface area contributed by atoms with Crippen molar-refractivity contribution in [2.75, 3.05) is 6.54 Å². The van der Waals surface area contributed by atoms with Gasteiger partial charge >= 0.3 is 0 Å². The highest BCUT2D eigenvalue weighted by Crippen LogP contribution is 2.23. The monoisotopic (exact) mass is 269 g/mol. The van der Waals surface area contributed by atoms with E-state index in [4.69, 9.17) is 0 Å². The fourth-order valence-corrected chi connectivity index (χ4v) is 2.34. The van der Waals surface area contributed by atoms with Crippen molar-refractivity contribution in [3.05, 3.63) is 0 Å². The molecule has 1 rings (SSSR count). The second-order valence-corrected chi connectivity index (χ2v) is 6.40. The molecule has 1 saturated heterocycles. The molecule has 5 nitrogen and oxygen atoms in total. The van der Waals surface area contributed by atoms with Gasteiger partial charge in [-0.15, -0.1) is 0 Å². The molecule has 2 atom stereocenters. The van der Waals surface area contributed by atoms with Gasteiger partial charge in [0.05, 0.1) is 5.54 Å². The number of hydrogen-bond acceptors (Lipinski definition) is 3. The maximum absolute atomic E-state index is 12.3. The van der Waals surface area contributed by atoms with Crippen molar-refractivity contribution in [3.63, 3.8) is 0 Å². The van der Waals surface area contributed by atoms with Crippen LogP contribution in [0.15, 0.2) is 0 Å². The van der Waals surface area contributed by atoms with E-state index in [0.29, 0.717) is 0 Å². The fourth-order valence-electron chi connectivity index (χ4n) is 2.34. The highest BCUT2D eigenvalue weighted by atomic mass is 16.2. The van der Waals surface area contributed by atoms with Crippen LogP contribution in [0.25, 0.3) is 0 Å². The third-order valence-corrected chi connectivity index (χ3v) is 3.52. The normalized spacial score (nSPS) is 24.9. The van der Waals surface area contributed by atoms with Crippen LogP contribution in [0.5, 0.6) is 0 Å². The van der Waals surface area contributed by atoms with Gasteiger partial charge in [0.1, 0.15) is 6.04 Å². The standard InChI is InChI=1S/C14H27N3O2/c1-6-14(8-7-9-15-14)12(19)16-10(2)11(18)17-13(3,4)5/h10,15H,6-9H2,1-5H3,(H,16,19)(H,17,18). The average Bonchev–Trinajstić information content (AvgIpc) is 2.76. The van der Waals surface area contributed by atoms with E-state index in [9.17, 15) is 9.59 Å². The van der Waals surface area contributed by atoms with Crippen LogP contribution in [0.3, 0.4) is 0 Å². The van der Waals surface area contributed by atoms with Gasteiger partial charge in [-0.05, 0) is 53.5 Å². The summed E-state index contributed by atoms with van der Waals surface area (Å²) in [6.07, 6.45) is 2.58. The van der Waals surface area contributed by atoms with Crippen molar-refractivity contribution in [1.82, 2.24) is 16.0 Å². The minimum absolute atomic E-state index is 0.0657. The maximum atomic E-state index is 12.3. The molecule has 110 valence electrons. The molecular weight excluding hydrogens is 242 g/mol. The van der Waals surface area contributed by atoms with Crippen LogP contribution in [0.1, 0.15) is 53.9 Å². The Bertz CT molecular complexity index is 341. The Kier molecular flexibility index (Phi) is 4.96. The maximum Gasteiger partial charge on any atom is 0.242 e. The minimum Gasteiger partial charge on any atom is -0.350 e. The van der Waals surface area contributed by atoms with Gasteiger partial charge in [0, 0.05) is 5.54 Å². The Balaban J connectivity index is 2.58. The smallest absolute Gasteiger partial charge is 0.242 e. The lowest BCUT2D eigenvalue weighted by atomic mass is 9.93. The first kappa shape index (κ1) is 16.0. The number of nitrogens with one attached hydrogen (secondary N) is 3. The quantitative estimate of drug-likeness (QED) is 0.711. The number of hydrogen-bond donors (Lipinski definition) is 3. The third-order valence-electron chi connectivity index (χ3n) is 3.52. The summed E-state index contributed by atoms with van der Waals surface area (Å²) >= 11 is 0. The van der Waals surface area contributed by atoms with Crippen LogP contribution in [-0.2, 0) is 9.59 Å². The molecule has 0 bridgehead atoms. The lowest BCUT2D eigenvalue weighted by Crippen LogP contribution is -2.58. The van der Waals surface area contributed by atoms with Crippen LogP contribution in [-0.4, -0.2) is 35.5 Å². The summed E-state index contributed by atoms with van der Waals surface area (Å²) < 4.78 is 0. The van der Waals surface area contributed by atoms with Crippen molar-refractivity contribution in [2.24, 2.45) is 0 Å². The van der Waals surface area contributed by atoms with Gasteiger partial charge in [-0.3, -0.25) is 9.59 Å². The zero-order valence-corrected chi connectivity index (χ0v) is 12.7. The van der Waals surface area contributed by atoms with Gasteiger partial charge in [0.15, 0.2) is 0 Å². The van der Waals surface area contributed by atoms with E-state index in [1.807, 2.05) is 27.7 Å². The molecule has 0 radical (unpaired) electrons. The van der Waals surface area contributed by atoms with Crippen LogP contribution in [0, 0.1) is 0 Å². The third kappa shape index (κ3) is 4.20. The zero-order chi connectivity index (χ0) is 14.7. The zero-order valence-electron chi connectivity index (χ0n) is 12.7. The molecule has 1 aliphatic heterocycles. The Morgan fingerprint density at radius 2 is 2.00 bits per heavy atom. The van der Waals surface area contributed by atoms with E-state index in [0.717, 1.165) is 25.8 Å². The average molecular weight is 269 g/mol. The Morgan fingerprint density at radius 3 is 2.42 bits per heavy atom. The van der Waals surface area contributed by atoms with Crippen molar-refractivity contribution < 1.29 is 9.59 Å². The fraction of sp³-hybridized carbons (Fsp3) is 0.857. The number of rotatable bonds is 4. The predicted molar refractivity (Wildman–Crippen MR) is 75.8 cm³/mol. The highest BCUT2D eigenvalue weighted by Gasteiger charge is 2.40. The number of carbonyl (C=O) groups excluding carboxylic acids is 2. The molecule has 0 aliphatic carbocycles. The summed E-state index contributed by atoms with van der Waals surface area (Å²) in [4.78, 5) is 24.3. The van der Waals surface area contributed by atoms with Crippen molar-refractivity contribution in [2.45, 2.75) is 71.0 Å². The Hall–Kier alpha value is -1.10. The van der Waals surface area contributed by atoms with Gasteiger partial charge in [0.25, 0.3) is 0 Å². The molecule has 5 heteroatoms. The molecular formula is C14H27N3O2. The molecule has 0 saturated carbocycles. The van der Waals surface area contributed by atoms with Crippen molar-refractivity contribution in [3.8, 4) is 0 Å². The lowest BCUT2D eigenvalue weighted by molar-refractivity contribution is -0.132. The van der Waals surface area contributed by atoms with Crippen molar-refractivity contribution in [1.29, 1.82) is 0 Å². The van der Waals surface area contributed by atoms with Crippen LogP contribution in [0.2, 0.25) is 0 Å². The van der Waals surface area contributed by atoms with E-state index in [2.05, 4.69) is 16.0 Å². The first-order chi connectivity index (χ1) is 8.70. The van der Waals surface area contributed by atoms with Crippen LogP contribution >= 0.6 is 0 Å². The number of carbonyl (C=O) groups is 2. The van der Waals surface area contributed by atoms with Gasteiger partial charge < -0.3 is 16.0 Å². The van der Waals surface area contributed by atoms with Gasteiger partial charge in [-0.2, -0.15) is 0 Å². The molecule has 2 amide bonds. The van der Waals surface area contributed by atoms with E-state index in [1.54, 1.807) is 6.92 Å². The Labute approximate surface area is 115 Å². The molecule has 0 spiro atoms. The molecule has 1 heterocycles. The summed E-state index contributed by atoms with van der Waals surface area (Å²) in [6, 6.07) is -0.516. The second kappa shape index (κ2) is 5.90. The van der Waals surface area contributed by atoms with Gasteiger partial charge in [0.2, 0.25) is 11.8 Å². The van der Waals surface area contributed by atoms with Crippen LogP contribution in [0.4, 0.5) is 0 Å². The summed E-state index contributed by atoms with van der Waals surface area (Å²) in [5, 5.41) is 8.96. The van der Waals surface area contributed by atoms with E-state index in [1.165, 1.54) is 0 Å². The predicted octanol–water partition coefficient (Wildman–Crippen LogP) is 0.938. The Morgan fingerprint density at radius 1 is 1.37 bits per heavy atom. The largest absolute Gasteiger partial charge is 0.350 e. The summed E-state index contributed by atoms with van der Waals surface area (Å²) in [5.41, 5.74) is -0.777. The molecule has 0 aromatic rings. The summed E-state index contributed by atoms with van der Waals surface area (Å²) in [7, 11) is 0. The molecule has 0 aromatic carbocycles. The lowest BCUT2D eigenvalue weighted by Gasteiger charge is -2.29. The molecule has 0 aromatic heterocycles. The van der Waals surface area contributed by atoms with E-state index >= 15 is 0 Å². The second-order valence-electron chi connectivity index (χ2n) is 6.40. The molecule has 1 aliphatic rings. The van der Waals surface area contributed by atoms with Crippen molar-refractivity contribution >= 4 is 11.8 Å². The molecule has 1 fully saturated rings. The van der Waals surface area contributed by atoms with E-state index < -0.39 is 11.6 Å². The molecule has 19 heavy (non-hydrogen) atoms. The first-order valence-corrected chi connectivity index (χ1v) is 7.08. The van der Waals surface area contributed by atoms with Crippen LogP contribution < -0.4 is 16.0 Å². The highest BCUT2D eigenvalue weighted by molar-refractivity contribution is 5.92. The first-order valence-electron chi connectivity index (χ1n) is 7.08. The minimum atomic E-state index is -0.516. The molecule has 3 N–H and O–H groups in total. The number of amides is 2.